The van der Waals surface area contributed by atoms with Gasteiger partial charge in [0, 0.05) is 54.0 Å². The fourth-order valence-electron chi connectivity index (χ4n) is 7.21. The summed E-state index contributed by atoms with van der Waals surface area (Å²) in [5.74, 6) is 1.16. The molecule has 2 heterocycles. The first kappa shape index (κ1) is 21.4. The fraction of sp³-hybridized carbons (Fsp3) is 0.385. The lowest BCUT2D eigenvalue weighted by Crippen LogP contribution is -2.55. The number of nitro benzene ring substituents is 1. The second-order valence-corrected chi connectivity index (χ2v) is 10.1. The van der Waals surface area contributed by atoms with Crippen molar-refractivity contribution in [3.8, 4) is 17.2 Å². The Morgan fingerprint density at radius 3 is 2.61 bits per heavy atom. The molecule has 1 fully saturated rings. The highest BCUT2D eigenvalue weighted by atomic mass is 16.7. The second kappa shape index (κ2) is 7.07. The Kier molecular flexibility index (Phi) is 4.20. The van der Waals surface area contributed by atoms with Crippen LogP contribution in [-0.2, 0) is 14.9 Å². The predicted molar refractivity (Wildman–Crippen MR) is 123 cm³/mol. The Morgan fingerprint density at radius 2 is 1.89 bits per heavy atom. The molecule has 0 saturated carbocycles. The summed E-state index contributed by atoms with van der Waals surface area (Å²) in [7, 11) is 2.14. The van der Waals surface area contributed by atoms with Crippen molar-refractivity contribution < 1.29 is 33.5 Å². The van der Waals surface area contributed by atoms with Gasteiger partial charge in [-0.15, -0.1) is 0 Å². The molecule has 2 aromatic carbocycles. The molecule has 36 heavy (non-hydrogen) atoms. The zero-order valence-corrected chi connectivity index (χ0v) is 19.5. The van der Waals surface area contributed by atoms with Crippen molar-refractivity contribution in [1.29, 1.82) is 0 Å². The van der Waals surface area contributed by atoms with Gasteiger partial charge in [-0.05, 0) is 43.3 Å². The number of rotatable bonds is 4. The summed E-state index contributed by atoms with van der Waals surface area (Å²) in [6.07, 6.45) is 2.70. The minimum atomic E-state index is -0.930. The molecule has 2 aliphatic heterocycles. The van der Waals surface area contributed by atoms with Gasteiger partial charge in [-0.25, -0.2) is 4.79 Å². The van der Waals surface area contributed by atoms with Crippen LogP contribution in [0.5, 0.6) is 17.2 Å². The normalized spacial score (nSPS) is 35.2. The van der Waals surface area contributed by atoms with E-state index in [0.29, 0.717) is 29.5 Å². The third-order valence-electron chi connectivity index (χ3n) is 8.45. The minimum Gasteiger partial charge on any atom is -0.481 e. The molecule has 2 aromatic rings. The molecular formula is C26H22N2O8. The number of carbonyl (C=O) groups excluding carboxylic acids is 2. The number of esters is 1. The molecule has 0 aromatic heterocycles. The highest BCUT2D eigenvalue weighted by Gasteiger charge is 2.75. The standard InChI is InChI=1S/C26H22N2O8/c1-12(29)33-18-9-7-15-16-11-26-17(22-21(16)27(22)2)8-10-19(24(26)36-23(18)20(15)26)35-25(30)34-14-5-3-13(4-6-14)28(31)32/h3-10,16-17,19,21-22,24H,11H2,1-2H3/t16-,17+,19+,21-,22+,24+,26+,27?/m1/s1. The quantitative estimate of drug-likeness (QED) is 0.121. The number of likely N-dealkylation sites (N-methyl/N-ethyl adjacent to an activating group) is 1. The van der Waals surface area contributed by atoms with Gasteiger partial charge >= 0.3 is 12.1 Å². The van der Waals surface area contributed by atoms with Gasteiger partial charge < -0.3 is 18.9 Å². The van der Waals surface area contributed by atoms with Crippen LogP contribution in [0.2, 0.25) is 0 Å². The van der Waals surface area contributed by atoms with E-state index in [9.17, 15) is 19.7 Å². The van der Waals surface area contributed by atoms with Crippen LogP contribution in [0.1, 0.15) is 30.4 Å². The van der Waals surface area contributed by atoms with Crippen LogP contribution in [0.4, 0.5) is 10.5 Å². The first-order valence-corrected chi connectivity index (χ1v) is 11.8. The van der Waals surface area contributed by atoms with Crippen molar-refractivity contribution in [2.24, 2.45) is 5.92 Å². The van der Waals surface area contributed by atoms with Crippen molar-refractivity contribution in [3.63, 3.8) is 0 Å². The lowest BCUT2D eigenvalue weighted by molar-refractivity contribution is -0.384. The Hall–Kier alpha value is -3.92. The summed E-state index contributed by atoms with van der Waals surface area (Å²) in [4.78, 5) is 37.2. The van der Waals surface area contributed by atoms with Gasteiger partial charge in [0.15, 0.2) is 17.6 Å². The van der Waals surface area contributed by atoms with Crippen LogP contribution >= 0.6 is 0 Å². The van der Waals surface area contributed by atoms with E-state index in [1.807, 2.05) is 12.1 Å². The smallest absolute Gasteiger partial charge is 0.481 e. The van der Waals surface area contributed by atoms with E-state index in [0.717, 1.165) is 12.0 Å². The number of likely N-dealkylation sites (tertiary alicyclic amines) is 1. The van der Waals surface area contributed by atoms with Crippen LogP contribution in [0.25, 0.3) is 0 Å². The van der Waals surface area contributed by atoms with Crippen molar-refractivity contribution in [3.05, 3.63) is 69.8 Å². The van der Waals surface area contributed by atoms with E-state index in [-0.39, 0.29) is 17.4 Å². The number of hydrogen-bond donors (Lipinski definition) is 0. The zero-order chi connectivity index (χ0) is 24.9. The van der Waals surface area contributed by atoms with Gasteiger partial charge in [-0.3, -0.25) is 19.8 Å². The molecule has 8 atom stereocenters. The number of fused-ring (bicyclic) bond motifs is 3. The molecule has 10 nitrogen and oxygen atoms in total. The maximum absolute atomic E-state index is 12.7. The molecule has 3 aliphatic carbocycles. The lowest BCUT2D eigenvalue weighted by atomic mass is 9.60. The molecular weight excluding hydrogens is 468 g/mol. The number of hydrogen-bond acceptors (Lipinski definition) is 9. The van der Waals surface area contributed by atoms with E-state index >= 15 is 0 Å². The zero-order valence-electron chi connectivity index (χ0n) is 19.5. The topological polar surface area (TPSA) is 117 Å². The van der Waals surface area contributed by atoms with Crippen LogP contribution in [0, 0.1) is 16.0 Å². The molecule has 2 bridgehead atoms. The molecule has 0 radical (unpaired) electrons. The maximum Gasteiger partial charge on any atom is 0.514 e. The molecule has 0 amide bonds. The summed E-state index contributed by atoms with van der Waals surface area (Å²) in [6.45, 7) is 1.35. The summed E-state index contributed by atoms with van der Waals surface area (Å²) in [5.41, 5.74) is 1.78. The highest BCUT2D eigenvalue weighted by molar-refractivity contribution is 5.74. The Bertz CT molecular complexity index is 1370. The Morgan fingerprint density at radius 1 is 1.11 bits per heavy atom. The number of nitrogens with zero attached hydrogens (tertiary/aromatic N) is 2. The van der Waals surface area contributed by atoms with Gasteiger partial charge in [0.2, 0.25) is 0 Å². The lowest BCUT2D eigenvalue weighted by Gasteiger charge is -2.45. The van der Waals surface area contributed by atoms with Crippen molar-refractivity contribution in [1.82, 2.24) is 4.90 Å². The maximum atomic E-state index is 12.7. The molecule has 1 saturated heterocycles. The summed E-state index contributed by atoms with van der Waals surface area (Å²) < 4.78 is 23.0. The van der Waals surface area contributed by atoms with Crippen molar-refractivity contribution in [2.45, 2.75) is 49.0 Å². The molecule has 1 unspecified atom stereocenters. The van der Waals surface area contributed by atoms with E-state index in [1.54, 1.807) is 6.07 Å². The van der Waals surface area contributed by atoms with E-state index < -0.39 is 34.7 Å². The predicted octanol–water partition coefficient (Wildman–Crippen LogP) is 3.47. The fourth-order valence-corrected chi connectivity index (χ4v) is 7.21. The molecule has 7 rings (SSSR count). The molecule has 0 N–H and O–H groups in total. The van der Waals surface area contributed by atoms with Gasteiger partial charge in [0.05, 0.1) is 4.92 Å². The first-order chi connectivity index (χ1) is 17.3. The van der Waals surface area contributed by atoms with E-state index in [2.05, 4.69) is 18.0 Å². The molecule has 5 aliphatic rings. The molecule has 1 spiro atoms. The average Bonchev–Trinajstić information content (AvgIpc) is 3.24. The summed E-state index contributed by atoms with van der Waals surface area (Å²) in [6, 6.07) is 9.86. The monoisotopic (exact) mass is 490 g/mol. The van der Waals surface area contributed by atoms with Gasteiger partial charge in [0.1, 0.15) is 11.9 Å². The summed E-state index contributed by atoms with van der Waals surface area (Å²) >= 11 is 0. The van der Waals surface area contributed by atoms with Crippen LogP contribution in [-0.4, -0.2) is 53.3 Å². The first-order valence-electron chi connectivity index (χ1n) is 11.8. The van der Waals surface area contributed by atoms with Crippen LogP contribution in [0.3, 0.4) is 0 Å². The number of ether oxygens (including phenoxy) is 4. The van der Waals surface area contributed by atoms with Gasteiger partial charge in [-0.1, -0.05) is 12.1 Å². The second-order valence-electron chi connectivity index (χ2n) is 10.1. The SMILES string of the molecule is CC(=O)Oc1ccc2c3c1O[C@H]1[C@@H](OC(=O)Oc4ccc([N+](=O)[O-])cc4)C=C[C@H]4[C@H]5[C@@H]([C@@H]2C[C@@]341)N5C. The summed E-state index contributed by atoms with van der Waals surface area (Å²) in [5, 5.41) is 10.9. The number of nitro groups is 1. The van der Waals surface area contributed by atoms with Crippen molar-refractivity contribution in [2.75, 3.05) is 7.05 Å². The van der Waals surface area contributed by atoms with E-state index in [4.69, 9.17) is 18.9 Å². The van der Waals surface area contributed by atoms with Gasteiger partial charge in [-0.2, -0.15) is 0 Å². The minimum absolute atomic E-state index is 0.107. The van der Waals surface area contributed by atoms with E-state index in [1.165, 1.54) is 36.8 Å². The third kappa shape index (κ3) is 2.70. The number of carbonyl (C=O) groups is 2. The van der Waals surface area contributed by atoms with Crippen LogP contribution < -0.4 is 14.2 Å². The number of non-ortho nitro benzene ring substituents is 1. The number of benzene rings is 2. The largest absolute Gasteiger partial charge is 0.514 e. The molecule has 10 heteroatoms. The Balaban J connectivity index is 1.22. The van der Waals surface area contributed by atoms with Crippen molar-refractivity contribution >= 4 is 17.8 Å². The van der Waals surface area contributed by atoms with Gasteiger partial charge in [0.25, 0.3) is 5.69 Å². The molecule has 184 valence electrons. The average molecular weight is 490 g/mol. The third-order valence-corrected chi connectivity index (χ3v) is 8.45. The van der Waals surface area contributed by atoms with Crippen LogP contribution in [0.15, 0.2) is 48.6 Å². The Labute approximate surface area is 205 Å². The highest BCUT2D eigenvalue weighted by Crippen LogP contribution is 2.72.